The van der Waals surface area contributed by atoms with E-state index in [0.29, 0.717) is 30.5 Å². The van der Waals surface area contributed by atoms with Crippen molar-refractivity contribution in [1.82, 2.24) is 10.1 Å². The summed E-state index contributed by atoms with van der Waals surface area (Å²) < 4.78 is 45.1. The van der Waals surface area contributed by atoms with Crippen LogP contribution in [-0.2, 0) is 15.3 Å². The molecule has 158 valence electrons. The summed E-state index contributed by atoms with van der Waals surface area (Å²) in [6.45, 7) is 5.47. The molecule has 1 aromatic carbocycles. The van der Waals surface area contributed by atoms with Crippen molar-refractivity contribution in [2.75, 3.05) is 24.2 Å². The van der Waals surface area contributed by atoms with Gasteiger partial charge in [-0.2, -0.15) is 0 Å². The number of halogens is 3. The van der Waals surface area contributed by atoms with E-state index in [1.165, 1.54) is 16.7 Å². The van der Waals surface area contributed by atoms with Gasteiger partial charge in [-0.05, 0) is 32.4 Å². The molecule has 2 amide bonds. The lowest BCUT2D eigenvalue weighted by Crippen LogP contribution is -2.39. The van der Waals surface area contributed by atoms with Gasteiger partial charge in [0.2, 0.25) is 11.8 Å². The first-order valence-corrected chi connectivity index (χ1v) is 10.1. The van der Waals surface area contributed by atoms with Gasteiger partial charge < -0.3 is 14.7 Å². The van der Waals surface area contributed by atoms with Gasteiger partial charge in [0.05, 0.1) is 23.7 Å². The van der Waals surface area contributed by atoms with Crippen LogP contribution in [0.4, 0.5) is 18.9 Å². The molecule has 0 spiro atoms. The molecule has 1 heterocycles. The lowest BCUT2D eigenvalue weighted by molar-refractivity contribution is -0.132. The molecular weight excluding hydrogens is 407 g/mol. The molecule has 0 unspecified atom stereocenters. The van der Waals surface area contributed by atoms with Gasteiger partial charge in [0, 0.05) is 17.9 Å². The zero-order chi connectivity index (χ0) is 21.6. The minimum absolute atomic E-state index is 0.136. The van der Waals surface area contributed by atoms with Crippen molar-refractivity contribution in [3.63, 3.8) is 0 Å². The molecule has 0 bridgehead atoms. The number of nitrogens with one attached hydrogen (secondary N) is 1. The Morgan fingerprint density at radius 3 is 2.55 bits per heavy atom. The predicted molar refractivity (Wildman–Crippen MR) is 104 cm³/mol. The summed E-state index contributed by atoms with van der Waals surface area (Å²) in [5.74, 6) is -4.09. The SMILES string of the molecule is CCCN(CC(=O)Nc1ccc(F)c(F)c1F)C(=O)CSCc1c(C)noc1C. The summed E-state index contributed by atoms with van der Waals surface area (Å²) in [5, 5.41) is 6.03. The molecule has 29 heavy (non-hydrogen) atoms. The summed E-state index contributed by atoms with van der Waals surface area (Å²) in [5.41, 5.74) is 1.21. The average molecular weight is 429 g/mol. The number of thioether (sulfide) groups is 1. The summed E-state index contributed by atoms with van der Waals surface area (Å²) in [7, 11) is 0. The third-order valence-electron chi connectivity index (χ3n) is 4.14. The van der Waals surface area contributed by atoms with E-state index in [1.54, 1.807) is 6.92 Å². The van der Waals surface area contributed by atoms with Crippen LogP contribution in [0.5, 0.6) is 0 Å². The second-order valence-corrected chi connectivity index (χ2v) is 7.37. The number of hydrogen-bond donors (Lipinski definition) is 1. The summed E-state index contributed by atoms with van der Waals surface area (Å²) >= 11 is 1.36. The maximum Gasteiger partial charge on any atom is 0.244 e. The van der Waals surface area contributed by atoms with Gasteiger partial charge in [-0.25, -0.2) is 13.2 Å². The second-order valence-electron chi connectivity index (χ2n) is 6.38. The molecule has 0 aliphatic rings. The smallest absolute Gasteiger partial charge is 0.244 e. The van der Waals surface area contributed by atoms with Crippen LogP contribution >= 0.6 is 11.8 Å². The van der Waals surface area contributed by atoms with Gasteiger partial charge in [-0.1, -0.05) is 12.1 Å². The highest BCUT2D eigenvalue weighted by Gasteiger charge is 2.20. The Balaban J connectivity index is 1.93. The highest BCUT2D eigenvalue weighted by molar-refractivity contribution is 7.99. The van der Waals surface area contributed by atoms with Gasteiger partial charge in [0.25, 0.3) is 0 Å². The number of aromatic nitrogens is 1. The summed E-state index contributed by atoms with van der Waals surface area (Å²) in [6, 6.07) is 1.64. The van der Waals surface area contributed by atoms with Gasteiger partial charge in [0.15, 0.2) is 17.5 Å². The zero-order valence-electron chi connectivity index (χ0n) is 16.4. The van der Waals surface area contributed by atoms with E-state index in [-0.39, 0.29) is 18.2 Å². The van der Waals surface area contributed by atoms with E-state index >= 15 is 0 Å². The predicted octanol–water partition coefficient (Wildman–Crippen LogP) is 3.82. The summed E-state index contributed by atoms with van der Waals surface area (Å²) in [6.07, 6.45) is 0.618. The lowest BCUT2D eigenvalue weighted by Gasteiger charge is -2.21. The van der Waals surface area contributed by atoms with E-state index in [2.05, 4.69) is 10.5 Å². The van der Waals surface area contributed by atoms with Crippen molar-refractivity contribution in [3.05, 3.63) is 46.6 Å². The van der Waals surface area contributed by atoms with Gasteiger partial charge >= 0.3 is 0 Å². The Kier molecular flexibility index (Phi) is 8.12. The van der Waals surface area contributed by atoms with E-state index in [1.807, 2.05) is 13.8 Å². The fourth-order valence-corrected chi connectivity index (χ4v) is 3.66. The molecular formula is C19H22F3N3O3S. The minimum Gasteiger partial charge on any atom is -0.361 e. The molecule has 0 radical (unpaired) electrons. The normalized spacial score (nSPS) is 10.8. The number of anilines is 1. The highest BCUT2D eigenvalue weighted by atomic mass is 32.2. The Hall–Kier alpha value is -2.49. The number of carbonyl (C=O) groups is 2. The number of hydrogen-bond acceptors (Lipinski definition) is 5. The molecule has 0 aliphatic carbocycles. The second kappa shape index (κ2) is 10.3. The van der Waals surface area contributed by atoms with Crippen LogP contribution in [0.2, 0.25) is 0 Å². The van der Waals surface area contributed by atoms with Crippen molar-refractivity contribution >= 4 is 29.3 Å². The molecule has 0 atom stereocenters. The van der Waals surface area contributed by atoms with Crippen LogP contribution in [-0.4, -0.2) is 40.7 Å². The van der Waals surface area contributed by atoms with Crippen molar-refractivity contribution in [3.8, 4) is 0 Å². The van der Waals surface area contributed by atoms with Crippen molar-refractivity contribution in [2.24, 2.45) is 0 Å². The zero-order valence-corrected chi connectivity index (χ0v) is 17.2. The first-order valence-electron chi connectivity index (χ1n) is 8.95. The first-order chi connectivity index (χ1) is 13.7. The van der Waals surface area contributed by atoms with E-state index in [0.717, 1.165) is 17.3 Å². The van der Waals surface area contributed by atoms with Crippen molar-refractivity contribution < 1.29 is 27.3 Å². The van der Waals surface area contributed by atoms with E-state index in [4.69, 9.17) is 4.52 Å². The summed E-state index contributed by atoms with van der Waals surface area (Å²) in [4.78, 5) is 26.0. The van der Waals surface area contributed by atoms with Gasteiger partial charge in [-0.15, -0.1) is 11.8 Å². The minimum atomic E-state index is -1.67. The van der Waals surface area contributed by atoms with Crippen LogP contribution in [0.15, 0.2) is 16.7 Å². The molecule has 2 rings (SSSR count). The quantitative estimate of drug-likeness (QED) is 0.614. The molecule has 10 heteroatoms. The highest BCUT2D eigenvalue weighted by Crippen LogP contribution is 2.21. The Morgan fingerprint density at radius 2 is 1.93 bits per heavy atom. The van der Waals surface area contributed by atoms with Crippen LogP contribution in [0.25, 0.3) is 0 Å². The molecule has 0 aliphatic heterocycles. The largest absolute Gasteiger partial charge is 0.361 e. The molecule has 0 fully saturated rings. The van der Waals surface area contributed by atoms with Gasteiger partial charge in [-0.3, -0.25) is 9.59 Å². The standard InChI is InChI=1S/C19H22F3N3O3S/c1-4-7-25(17(27)10-29-9-13-11(2)24-28-12(13)3)8-16(26)23-15-6-5-14(20)18(21)19(15)22/h5-6H,4,7-10H2,1-3H3,(H,23,26). The monoisotopic (exact) mass is 429 g/mol. The number of rotatable bonds is 9. The molecule has 1 N–H and O–H groups in total. The number of amides is 2. The van der Waals surface area contributed by atoms with Crippen molar-refractivity contribution in [1.29, 1.82) is 0 Å². The maximum atomic E-state index is 13.7. The Morgan fingerprint density at radius 1 is 1.21 bits per heavy atom. The first kappa shape index (κ1) is 22.8. The van der Waals surface area contributed by atoms with Gasteiger partial charge in [0.1, 0.15) is 5.76 Å². The molecule has 0 saturated carbocycles. The number of nitrogens with zero attached hydrogens (tertiary/aromatic N) is 2. The van der Waals surface area contributed by atoms with E-state index < -0.39 is 29.0 Å². The van der Waals surface area contributed by atoms with Crippen LogP contribution in [0.1, 0.15) is 30.4 Å². The molecule has 6 nitrogen and oxygen atoms in total. The average Bonchev–Trinajstić information content (AvgIpc) is 3.00. The van der Waals surface area contributed by atoms with Crippen LogP contribution in [0, 0.1) is 31.3 Å². The third kappa shape index (κ3) is 5.99. The molecule has 0 saturated heterocycles. The maximum absolute atomic E-state index is 13.7. The molecule has 1 aromatic heterocycles. The number of aryl methyl sites for hydroxylation is 2. The Labute approximate surface area is 170 Å². The number of carbonyl (C=O) groups excluding carboxylic acids is 2. The number of benzene rings is 1. The fraction of sp³-hybridized carbons (Fsp3) is 0.421. The van der Waals surface area contributed by atoms with Crippen LogP contribution in [0.3, 0.4) is 0 Å². The molecule has 2 aromatic rings. The Bertz CT molecular complexity index is 870. The van der Waals surface area contributed by atoms with E-state index in [9.17, 15) is 22.8 Å². The fourth-order valence-electron chi connectivity index (χ4n) is 2.59. The third-order valence-corrected chi connectivity index (χ3v) is 5.09. The van der Waals surface area contributed by atoms with Crippen LogP contribution < -0.4 is 5.32 Å². The van der Waals surface area contributed by atoms with Crippen molar-refractivity contribution in [2.45, 2.75) is 32.9 Å². The lowest BCUT2D eigenvalue weighted by atomic mass is 10.2. The topological polar surface area (TPSA) is 75.4 Å².